The lowest BCUT2D eigenvalue weighted by molar-refractivity contribution is 0.954. The molecule has 19 heavy (non-hydrogen) atoms. The molecule has 5 heteroatoms. The Bertz CT molecular complexity index is 434. The van der Waals surface area contributed by atoms with Crippen LogP contribution in [0.2, 0.25) is 0 Å². The van der Waals surface area contributed by atoms with Gasteiger partial charge in [0.1, 0.15) is 0 Å². The van der Waals surface area contributed by atoms with Crippen molar-refractivity contribution in [3.8, 4) is 11.4 Å². The highest BCUT2D eigenvalue weighted by molar-refractivity contribution is 5.85. The van der Waals surface area contributed by atoms with Gasteiger partial charge < -0.3 is 11.5 Å². The molecule has 2 rings (SSSR count). The third-order valence-electron chi connectivity index (χ3n) is 2.78. The van der Waals surface area contributed by atoms with E-state index >= 15 is 0 Å². The van der Waals surface area contributed by atoms with Crippen molar-refractivity contribution in [2.45, 2.75) is 12.8 Å². The molecule has 0 aliphatic carbocycles. The summed E-state index contributed by atoms with van der Waals surface area (Å²) in [5.41, 5.74) is 15.1. The van der Waals surface area contributed by atoms with Crippen molar-refractivity contribution in [3.63, 3.8) is 0 Å². The molecule has 4 N–H and O–H groups in total. The summed E-state index contributed by atoms with van der Waals surface area (Å²) >= 11 is 0. The van der Waals surface area contributed by atoms with E-state index in [1.54, 1.807) is 0 Å². The average molecular weight is 279 g/mol. The zero-order valence-electron chi connectivity index (χ0n) is 10.7. The van der Waals surface area contributed by atoms with Gasteiger partial charge in [-0.3, -0.25) is 9.97 Å². The Kier molecular flexibility index (Phi) is 6.42. The number of hydrogen-bond acceptors (Lipinski definition) is 4. The van der Waals surface area contributed by atoms with Crippen LogP contribution in [-0.4, -0.2) is 23.1 Å². The van der Waals surface area contributed by atoms with E-state index in [1.165, 1.54) is 0 Å². The Morgan fingerprint density at radius 1 is 0.737 bits per heavy atom. The van der Waals surface area contributed by atoms with Crippen LogP contribution in [0.15, 0.2) is 36.7 Å². The second kappa shape index (κ2) is 7.84. The van der Waals surface area contributed by atoms with Gasteiger partial charge in [-0.2, -0.15) is 0 Å². The van der Waals surface area contributed by atoms with Gasteiger partial charge in [-0.05, 0) is 49.2 Å². The zero-order valence-corrected chi connectivity index (χ0v) is 11.6. The second-order valence-corrected chi connectivity index (χ2v) is 4.18. The Morgan fingerprint density at radius 2 is 1.16 bits per heavy atom. The van der Waals surface area contributed by atoms with Gasteiger partial charge in [-0.1, -0.05) is 12.1 Å². The second-order valence-electron chi connectivity index (χ2n) is 4.18. The van der Waals surface area contributed by atoms with Crippen molar-refractivity contribution in [2.75, 3.05) is 13.1 Å². The summed E-state index contributed by atoms with van der Waals surface area (Å²) in [4.78, 5) is 8.80. The Labute approximate surface area is 119 Å². The Morgan fingerprint density at radius 3 is 1.42 bits per heavy atom. The summed E-state index contributed by atoms with van der Waals surface area (Å²) in [7, 11) is 0. The first-order valence-corrected chi connectivity index (χ1v) is 6.14. The highest BCUT2D eigenvalue weighted by atomic mass is 35.5. The quantitative estimate of drug-likeness (QED) is 0.870. The van der Waals surface area contributed by atoms with Crippen LogP contribution in [0.1, 0.15) is 11.1 Å². The molecule has 0 fully saturated rings. The van der Waals surface area contributed by atoms with Crippen molar-refractivity contribution >= 4 is 12.4 Å². The number of nitrogens with two attached hydrogens (primary N) is 2. The van der Waals surface area contributed by atoms with Gasteiger partial charge in [0.25, 0.3) is 0 Å². The molecule has 0 spiro atoms. The van der Waals surface area contributed by atoms with Crippen molar-refractivity contribution in [3.05, 3.63) is 47.8 Å². The van der Waals surface area contributed by atoms with Crippen LogP contribution in [0.4, 0.5) is 0 Å². The summed E-state index contributed by atoms with van der Waals surface area (Å²) in [6.45, 7) is 1.29. The van der Waals surface area contributed by atoms with Gasteiger partial charge in [0, 0.05) is 12.4 Å². The predicted octanol–water partition coefficient (Wildman–Crippen LogP) is 1.57. The minimum Gasteiger partial charge on any atom is -0.330 e. The third-order valence-corrected chi connectivity index (χ3v) is 2.78. The molecule has 0 amide bonds. The molecule has 2 aromatic heterocycles. The summed E-state index contributed by atoms with van der Waals surface area (Å²) in [6.07, 6.45) is 5.43. The summed E-state index contributed by atoms with van der Waals surface area (Å²) in [5, 5.41) is 0. The molecule has 2 heterocycles. The monoisotopic (exact) mass is 278 g/mol. The van der Waals surface area contributed by atoms with Gasteiger partial charge in [0.05, 0.1) is 11.4 Å². The number of rotatable bonds is 5. The first-order valence-electron chi connectivity index (χ1n) is 6.14. The molecule has 0 unspecified atom stereocenters. The smallest absolute Gasteiger partial charge is 0.0886 e. The highest BCUT2D eigenvalue weighted by Crippen LogP contribution is 2.15. The molecule has 102 valence electrons. The fraction of sp³-hybridized carbons (Fsp3) is 0.286. The van der Waals surface area contributed by atoms with Gasteiger partial charge in [0.2, 0.25) is 0 Å². The van der Waals surface area contributed by atoms with Crippen LogP contribution in [0.3, 0.4) is 0 Å². The lowest BCUT2D eigenvalue weighted by Gasteiger charge is -2.03. The SMILES string of the molecule is Cl.NCCc1ccc(-c2ccc(CCN)cn2)nc1. The molecule has 2 aromatic rings. The van der Waals surface area contributed by atoms with E-state index in [1.807, 2.05) is 36.7 Å². The number of nitrogens with zero attached hydrogens (tertiary/aromatic N) is 2. The molecule has 0 saturated carbocycles. The lowest BCUT2D eigenvalue weighted by Crippen LogP contribution is -2.03. The maximum Gasteiger partial charge on any atom is 0.0886 e. The third kappa shape index (κ3) is 4.28. The average Bonchev–Trinajstić information content (AvgIpc) is 2.41. The zero-order chi connectivity index (χ0) is 12.8. The van der Waals surface area contributed by atoms with Gasteiger partial charge in [-0.15, -0.1) is 12.4 Å². The van der Waals surface area contributed by atoms with Crippen molar-refractivity contribution < 1.29 is 0 Å². The van der Waals surface area contributed by atoms with Crippen molar-refractivity contribution in [2.24, 2.45) is 11.5 Å². The van der Waals surface area contributed by atoms with E-state index in [4.69, 9.17) is 11.5 Å². The molecule has 0 radical (unpaired) electrons. The number of pyridine rings is 2. The summed E-state index contributed by atoms with van der Waals surface area (Å²) < 4.78 is 0. The van der Waals surface area contributed by atoms with Gasteiger partial charge in [-0.25, -0.2) is 0 Å². The van der Waals surface area contributed by atoms with Crippen LogP contribution >= 0.6 is 12.4 Å². The van der Waals surface area contributed by atoms with Crippen LogP contribution in [-0.2, 0) is 12.8 Å². The first kappa shape index (κ1) is 15.6. The van der Waals surface area contributed by atoms with Crippen LogP contribution < -0.4 is 11.5 Å². The van der Waals surface area contributed by atoms with E-state index in [0.717, 1.165) is 35.4 Å². The molecular weight excluding hydrogens is 260 g/mol. The lowest BCUT2D eigenvalue weighted by atomic mass is 10.1. The molecule has 0 atom stereocenters. The van der Waals surface area contributed by atoms with E-state index in [9.17, 15) is 0 Å². The minimum absolute atomic E-state index is 0. The standard InChI is InChI=1S/C14H18N4.ClH/c15-7-5-11-1-3-13(17-9-11)14-4-2-12(6-8-16)10-18-14;/h1-4,9-10H,5-8,15-16H2;1H. The molecule has 0 aromatic carbocycles. The fourth-order valence-electron chi connectivity index (χ4n) is 1.78. The van der Waals surface area contributed by atoms with E-state index in [-0.39, 0.29) is 12.4 Å². The number of hydrogen-bond donors (Lipinski definition) is 2. The predicted molar refractivity (Wildman–Crippen MR) is 80.2 cm³/mol. The Hall–Kier alpha value is -1.49. The normalized spacial score (nSPS) is 10.0. The van der Waals surface area contributed by atoms with Crippen LogP contribution in [0.25, 0.3) is 11.4 Å². The van der Waals surface area contributed by atoms with Crippen LogP contribution in [0, 0.1) is 0 Å². The summed E-state index contributed by atoms with van der Waals surface area (Å²) in [5.74, 6) is 0. The minimum atomic E-state index is 0. The van der Waals surface area contributed by atoms with Gasteiger partial charge >= 0.3 is 0 Å². The molecule has 0 aliphatic rings. The molecular formula is C14H19ClN4. The van der Waals surface area contributed by atoms with E-state index < -0.39 is 0 Å². The van der Waals surface area contributed by atoms with E-state index in [0.29, 0.717) is 13.1 Å². The molecule has 4 nitrogen and oxygen atoms in total. The molecule has 0 saturated heterocycles. The number of halogens is 1. The van der Waals surface area contributed by atoms with Crippen molar-refractivity contribution in [1.82, 2.24) is 9.97 Å². The Balaban J connectivity index is 0.00000180. The molecule has 0 aliphatic heterocycles. The first-order chi connectivity index (χ1) is 8.83. The van der Waals surface area contributed by atoms with Crippen LogP contribution in [0.5, 0.6) is 0 Å². The highest BCUT2D eigenvalue weighted by Gasteiger charge is 2.01. The topological polar surface area (TPSA) is 77.8 Å². The summed E-state index contributed by atoms with van der Waals surface area (Å²) in [6, 6.07) is 8.06. The number of aromatic nitrogens is 2. The molecule has 0 bridgehead atoms. The van der Waals surface area contributed by atoms with E-state index in [2.05, 4.69) is 9.97 Å². The maximum atomic E-state index is 5.50. The maximum absolute atomic E-state index is 5.50. The van der Waals surface area contributed by atoms with Crippen molar-refractivity contribution in [1.29, 1.82) is 0 Å². The largest absolute Gasteiger partial charge is 0.330 e. The van der Waals surface area contributed by atoms with Gasteiger partial charge in [0.15, 0.2) is 0 Å². The fourth-order valence-corrected chi connectivity index (χ4v) is 1.78.